The number of carbonyl (C=O) groups is 1. The quantitative estimate of drug-likeness (QED) is 0.285. The molecule has 1 heterocycles. The predicted octanol–water partition coefficient (Wildman–Crippen LogP) is 2.98. The average Bonchev–Trinajstić information content (AvgIpc) is 2.81. The van der Waals surface area contributed by atoms with Crippen LogP contribution in [0.4, 0.5) is 11.4 Å². The molecule has 3 rings (SSSR count). The van der Waals surface area contributed by atoms with Gasteiger partial charge in [-0.3, -0.25) is 14.9 Å². The number of β-amino-alcohol motifs (C(OH)–C–C–N with tert-alkyl or cyclic N) is 1. The van der Waals surface area contributed by atoms with Gasteiger partial charge in [-0.15, -0.1) is 0 Å². The number of ether oxygens (including phenoxy) is 1. The van der Waals surface area contributed by atoms with Crippen LogP contribution in [-0.2, 0) is 4.79 Å². The number of amides is 1. The zero-order valence-corrected chi connectivity index (χ0v) is 20.5. The number of benzene rings is 2. The van der Waals surface area contributed by atoms with E-state index >= 15 is 0 Å². The minimum absolute atomic E-state index is 0.0166. The second kappa shape index (κ2) is 11.3. The van der Waals surface area contributed by atoms with Crippen LogP contribution in [0.15, 0.2) is 47.6 Å². The molecule has 0 aromatic heterocycles. The fraction of sp³-hybridized carbons (Fsp3) is 0.440. The van der Waals surface area contributed by atoms with Gasteiger partial charge in [-0.05, 0) is 50.1 Å². The zero-order chi connectivity index (χ0) is 25.6. The highest BCUT2D eigenvalue weighted by atomic mass is 16.6. The highest BCUT2D eigenvalue weighted by Gasteiger charge is 2.22. The summed E-state index contributed by atoms with van der Waals surface area (Å²) >= 11 is 0. The summed E-state index contributed by atoms with van der Waals surface area (Å²) in [6, 6.07) is 12.3. The molecule has 0 fully saturated rings. The summed E-state index contributed by atoms with van der Waals surface area (Å²) in [5.41, 5.74) is 5.72. The summed E-state index contributed by atoms with van der Waals surface area (Å²) in [6.45, 7) is 8.75. The summed E-state index contributed by atoms with van der Waals surface area (Å²) in [4.78, 5) is 21.9. The molecule has 1 aliphatic heterocycles. The molecule has 0 spiro atoms. The van der Waals surface area contributed by atoms with Crippen LogP contribution in [0.1, 0.15) is 38.3 Å². The van der Waals surface area contributed by atoms with Gasteiger partial charge in [-0.25, -0.2) is 5.43 Å². The minimum Gasteiger partial charge on any atom is -0.490 e. The molecule has 10 heteroatoms. The van der Waals surface area contributed by atoms with Crippen molar-refractivity contribution in [2.24, 2.45) is 11.0 Å². The molecule has 0 aliphatic carbocycles. The maximum Gasteiger partial charge on any atom is 0.273 e. The number of anilines is 1. The van der Waals surface area contributed by atoms with Crippen LogP contribution in [0.2, 0.25) is 0 Å². The van der Waals surface area contributed by atoms with Crippen molar-refractivity contribution in [3.05, 3.63) is 63.7 Å². The first-order valence-corrected chi connectivity index (χ1v) is 11.6. The van der Waals surface area contributed by atoms with E-state index < -0.39 is 11.0 Å². The fourth-order valence-electron chi connectivity index (χ4n) is 3.64. The molecule has 0 unspecified atom stereocenters. The molecule has 2 aromatic carbocycles. The Kier molecular flexibility index (Phi) is 8.42. The van der Waals surface area contributed by atoms with Gasteiger partial charge >= 0.3 is 0 Å². The van der Waals surface area contributed by atoms with Crippen LogP contribution in [0, 0.1) is 23.0 Å². The average molecular weight is 484 g/mol. The summed E-state index contributed by atoms with van der Waals surface area (Å²) in [5, 5.41) is 32.2. The molecule has 0 saturated heterocycles. The van der Waals surface area contributed by atoms with Gasteiger partial charge < -0.3 is 20.5 Å². The van der Waals surface area contributed by atoms with Crippen molar-refractivity contribution in [1.29, 1.82) is 0 Å². The lowest BCUT2D eigenvalue weighted by Crippen LogP contribution is -2.49. The normalized spacial score (nSPS) is 16.8. The van der Waals surface area contributed by atoms with Gasteiger partial charge in [-0.2, -0.15) is 5.10 Å². The maximum atomic E-state index is 11.4. The Labute approximate surface area is 204 Å². The van der Waals surface area contributed by atoms with E-state index in [1.54, 1.807) is 13.0 Å². The lowest BCUT2D eigenvalue weighted by molar-refractivity contribution is -0.385. The van der Waals surface area contributed by atoms with Crippen molar-refractivity contribution in [3.63, 3.8) is 0 Å². The molecule has 0 saturated carbocycles. The molecular formula is C25H33N5O5. The first kappa shape index (κ1) is 26.1. The van der Waals surface area contributed by atoms with E-state index in [0.29, 0.717) is 25.3 Å². The minimum atomic E-state index is -0.786. The molecule has 0 radical (unpaired) electrons. The third-order valence-electron chi connectivity index (χ3n) is 5.80. The predicted molar refractivity (Wildman–Crippen MR) is 135 cm³/mol. The van der Waals surface area contributed by atoms with Gasteiger partial charge in [0.05, 0.1) is 16.7 Å². The van der Waals surface area contributed by atoms with Gasteiger partial charge in [0.1, 0.15) is 18.5 Å². The molecule has 2 atom stereocenters. The number of rotatable bonds is 11. The first-order valence-electron chi connectivity index (χ1n) is 11.6. The van der Waals surface area contributed by atoms with Gasteiger partial charge in [-0.1, -0.05) is 19.1 Å². The monoisotopic (exact) mass is 483 g/mol. The first-order chi connectivity index (χ1) is 16.5. The second-order valence-corrected chi connectivity index (χ2v) is 9.50. The lowest BCUT2D eigenvalue weighted by Gasteiger charge is -2.28. The molecule has 2 aromatic rings. The SMILES string of the molecule is Cc1ccc([N+](=O)[O-])cc1OC[C@@H](O)CNC(C)(C)CNc1ccc(C2=NNC(=O)C[C@H]2C)cc1. The second-order valence-electron chi connectivity index (χ2n) is 9.50. The smallest absolute Gasteiger partial charge is 0.273 e. The molecule has 0 bridgehead atoms. The number of nitro benzene ring substituents is 1. The number of hydrazone groups is 1. The molecule has 1 aliphatic rings. The van der Waals surface area contributed by atoms with E-state index in [0.717, 1.165) is 22.5 Å². The van der Waals surface area contributed by atoms with Crippen molar-refractivity contribution >= 4 is 23.0 Å². The molecule has 188 valence electrons. The number of aryl methyl sites for hydroxylation is 1. The maximum absolute atomic E-state index is 11.4. The van der Waals surface area contributed by atoms with Crippen LogP contribution >= 0.6 is 0 Å². The molecular weight excluding hydrogens is 450 g/mol. The topological polar surface area (TPSA) is 138 Å². The number of nitrogens with zero attached hydrogens (tertiary/aromatic N) is 2. The molecule has 10 nitrogen and oxygen atoms in total. The number of non-ortho nitro benzene ring substituents is 1. The Bertz CT molecular complexity index is 1080. The Morgan fingerprint density at radius 2 is 2.00 bits per heavy atom. The summed E-state index contributed by atoms with van der Waals surface area (Å²) in [5.74, 6) is 0.394. The Balaban J connectivity index is 1.45. The van der Waals surface area contributed by atoms with Gasteiger partial charge in [0.2, 0.25) is 5.91 Å². The van der Waals surface area contributed by atoms with E-state index in [1.165, 1.54) is 12.1 Å². The molecule has 35 heavy (non-hydrogen) atoms. The van der Waals surface area contributed by atoms with E-state index in [1.807, 2.05) is 45.0 Å². The highest BCUT2D eigenvalue weighted by molar-refractivity contribution is 6.05. The van der Waals surface area contributed by atoms with Crippen molar-refractivity contribution in [2.75, 3.05) is 25.0 Å². The highest BCUT2D eigenvalue weighted by Crippen LogP contribution is 2.24. The van der Waals surface area contributed by atoms with Crippen molar-refractivity contribution in [2.45, 2.75) is 45.8 Å². The van der Waals surface area contributed by atoms with E-state index in [-0.39, 0.29) is 29.7 Å². The van der Waals surface area contributed by atoms with Gasteiger partial charge in [0.15, 0.2) is 0 Å². The molecule has 4 N–H and O–H groups in total. The number of hydrogen-bond acceptors (Lipinski definition) is 8. The number of aliphatic hydroxyl groups excluding tert-OH is 1. The third kappa shape index (κ3) is 7.49. The number of hydrogen-bond donors (Lipinski definition) is 4. The number of nitrogens with one attached hydrogen (secondary N) is 3. The van der Waals surface area contributed by atoms with Crippen LogP contribution in [-0.4, -0.2) is 53.0 Å². The Morgan fingerprint density at radius 1 is 1.29 bits per heavy atom. The largest absolute Gasteiger partial charge is 0.490 e. The third-order valence-corrected chi connectivity index (χ3v) is 5.80. The van der Waals surface area contributed by atoms with Gasteiger partial charge in [0.25, 0.3) is 5.69 Å². The Morgan fingerprint density at radius 3 is 2.66 bits per heavy atom. The Hall–Kier alpha value is -3.50. The lowest BCUT2D eigenvalue weighted by atomic mass is 9.94. The number of aliphatic hydroxyl groups is 1. The van der Waals surface area contributed by atoms with Crippen molar-refractivity contribution in [3.8, 4) is 5.75 Å². The van der Waals surface area contributed by atoms with Crippen molar-refractivity contribution < 1.29 is 19.6 Å². The van der Waals surface area contributed by atoms with Crippen LogP contribution in [0.25, 0.3) is 0 Å². The molecule has 1 amide bonds. The number of nitro groups is 1. The van der Waals surface area contributed by atoms with Crippen LogP contribution < -0.4 is 20.8 Å². The fourth-order valence-corrected chi connectivity index (χ4v) is 3.64. The van der Waals surface area contributed by atoms with Crippen LogP contribution in [0.5, 0.6) is 5.75 Å². The zero-order valence-electron chi connectivity index (χ0n) is 20.5. The van der Waals surface area contributed by atoms with E-state index in [4.69, 9.17) is 4.74 Å². The van der Waals surface area contributed by atoms with Crippen molar-refractivity contribution in [1.82, 2.24) is 10.7 Å². The number of carbonyl (C=O) groups excluding carboxylic acids is 1. The van der Waals surface area contributed by atoms with Crippen LogP contribution in [0.3, 0.4) is 0 Å². The van der Waals surface area contributed by atoms with E-state index in [9.17, 15) is 20.0 Å². The van der Waals surface area contributed by atoms with E-state index in [2.05, 4.69) is 21.2 Å². The summed E-state index contributed by atoms with van der Waals surface area (Å²) in [6.07, 6.45) is -0.355. The summed E-state index contributed by atoms with van der Waals surface area (Å²) < 4.78 is 5.62. The summed E-state index contributed by atoms with van der Waals surface area (Å²) in [7, 11) is 0. The van der Waals surface area contributed by atoms with Gasteiger partial charge in [0, 0.05) is 42.7 Å². The standard InChI is InChI=1S/C25H33N5O5/c1-16-5-10-20(30(33)34)12-22(16)35-14-21(31)13-27-25(3,4)15-26-19-8-6-18(7-9-19)24-17(2)11-23(32)28-29-24/h5-10,12,17,21,26-27,31H,11,13-15H2,1-4H3,(H,28,32)/t17-,21+/m1/s1.